The summed E-state index contributed by atoms with van der Waals surface area (Å²) < 4.78 is 6.80. The van der Waals surface area contributed by atoms with Gasteiger partial charge in [-0.3, -0.25) is 14.3 Å². The average Bonchev–Trinajstić information content (AvgIpc) is 2.79. The Morgan fingerprint density at radius 2 is 1.95 bits per heavy atom. The van der Waals surface area contributed by atoms with Crippen LogP contribution in [0.1, 0.15) is 38.9 Å². The molecular weight excluding hydrogens is 244 g/mol. The van der Waals surface area contributed by atoms with E-state index in [1.807, 2.05) is 6.92 Å². The molecule has 0 atom stereocenters. The lowest BCUT2D eigenvalue weighted by Crippen LogP contribution is -2.22. The van der Waals surface area contributed by atoms with E-state index in [2.05, 4.69) is 5.10 Å². The van der Waals surface area contributed by atoms with Crippen LogP contribution in [-0.4, -0.2) is 28.0 Å². The summed E-state index contributed by atoms with van der Waals surface area (Å²) >= 11 is 0. The standard InChI is InChI=1S/C14H12N2O3/c1-3-19-8-4-5-9-10(6-8)13(17)11-7-15-16(2)12(11)14(9)18/h4-7H,3H2,1-2H3. The molecule has 1 heterocycles. The summed E-state index contributed by atoms with van der Waals surface area (Å²) in [5.74, 6) is 0.238. The zero-order valence-corrected chi connectivity index (χ0v) is 10.6. The summed E-state index contributed by atoms with van der Waals surface area (Å²) in [6.45, 7) is 2.38. The Morgan fingerprint density at radius 3 is 2.68 bits per heavy atom. The highest BCUT2D eigenvalue weighted by Crippen LogP contribution is 2.29. The molecule has 0 unspecified atom stereocenters. The van der Waals surface area contributed by atoms with Crippen LogP contribution < -0.4 is 4.74 Å². The summed E-state index contributed by atoms with van der Waals surface area (Å²) in [5, 5.41) is 3.98. The van der Waals surface area contributed by atoms with Crippen molar-refractivity contribution in [3.05, 3.63) is 46.8 Å². The number of carbonyl (C=O) groups excluding carboxylic acids is 2. The van der Waals surface area contributed by atoms with Gasteiger partial charge >= 0.3 is 0 Å². The molecule has 5 heteroatoms. The normalized spacial score (nSPS) is 13.2. The van der Waals surface area contributed by atoms with E-state index in [1.54, 1.807) is 25.2 Å². The lowest BCUT2D eigenvalue weighted by atomic mass is 9.88. The topological polar surface area (TPSA) is 61.2 Å². The highest BCUT2D eigenvalue weighted by molar-refractivity contribution is 6.27. The van der Waals surface area contributed by atoms with Gasteiger partial charge in [-0.1, -0.05) is 0 Å². The minimum atomic E-state index is -0.181. The molecule has 5 nitrogen and oxygen atoms in total. The van der Waals surface area contributed by atoms with Crippen LogP contribution in [0.4, 0.5) is 0 Å². The van der Waals surface area contributed by atoms with Gasteiger partial charge in [0.25, 0.3) is 0 Å². The minimum Gasteiger partial charge on any atom is -0.494 e. The third kappa shape index (κ3) is 1.58. The number of aromatic nitrogens is 2. The van der Waals surface area contributed by atoms with Crippen molar-refractivity contribution in [3.8, 4) is 5.75 Å². The van der Waals surface area contributed by atoms with E-state index >= 15 is 0 Å². The summed E-state index contributed by atoms with van der Waals surface area (Å²) in [4.78, 5) is 24.7. The van der Waals surface area contributed by atoms with Crippen molar-refractivity contribution in [3.63, 3.8) is 0 Å². The molecule has 1 aromatic carbocycles. The highest BCUT2D eigenvalue weighted by Gasteiger charge is 2.32. The number of aryl methyl sites for hydroxylation is 1. The molecule has 0 bridgehead atoms. The zero-order chi connectivity index (χ0) is 13.6. The number of hydrogen-bond acceptors (Lipinski definition) is 4. The Kier molecular flexibility index (Phi) is 2.48. The number of ketones is 2. The van der Waals surface area contributed by atoms with Gasteiger partial charge in [-0.15, -0.1) is 0 Å². The molecule has 1 aromatic heterocycles. The fraction of sp³-hybridized carbons (Fsp3) is 0.214. The Balaban J connectivity index is 2.19. The lowest BCUT2D eigenvalue weighted by molar-refractivity contribution is 0.0973. The van der Waals surface area contributed by atoms with Gasteiger partial charge in [0.2, 0.25) is 5.78 Å². The van der Waals surface area contributed by atoms with Crippen molar-refractivity contribution < 1.29 is 14.3 Å². The Labute approximate surface area is 109 Å². The van der Waals surface area contributed by atoms with Crippen molar-refractivity contribution in [1.29, 1.82) is 0 Å². The second kappa shape index (κ2) is 4.05. The largest absolute Gasteiger partial charge is 0.494 e. The predicted octanol–water partition coefficient (Wildman–Crippen LogP) is 1.59. The molecule has 1 aliphatic carbocycles. The molecule has 0 aliphatic heterocycles. The number of carbonyl (C=O) groups is 2. The fourth-order valence-electron chi connectivity index (χ4n) is 2.31. The number of hydrogen-bond donors (Lipinski definition) is 0. The summed E-state index contributed by atoms with van der Waals surface area (Å²) in [6, 6.07) is 4.96. The van der Waals surface area contributed by atoms with Gasteiger partial charge in [-0.05, 0) is 25.1 Å². The maximum absolute atomic E-state index is 12.4. The molecule has 0 fully saturated rings. The Bertz CT molecular complexity index is 701. The summed E-state index contributed by atoms with van der Waals surface area (Å²) in [5.41, 5.74) is 1.50. The first-order valence-corrected chi connectivity index (χ1v) is 6.01. The van der Waals surface area contributed by atoms with E-state index in [9.17, 15) is 9.59 Å². The Morgan fingerprint density at radius 1 is 1.16 bits per heavy atom. The molecule has 96 valence electrons. The quantitative estimate of drug-likeness (QED) is 0.698. The van der Waals surface area contributed by atoms with Gasteiger partial charge in [0.15, 0.2) is 5.78 Å². The third-order valence-electron chi connectivity index (χ3n) is 3.19. The molecule has 0 N–H and O–H groups in total. The van der Waals surface area contributed by atoms with E-state index < -0.39 is 0 Å². The van der Waals surface area contributed by atoms with Crippen LogP contribution in [0.2, 0.25) is 0 Å². The van der Waals surface area contributed by atoms with Gasteiger partial charge in [0.05, 0.1) is 18.4 Å². The maximum atomic E-state index is 12.4. The smallest absolute Gasteiger partial charge is 0.212 e. The predicted molar refractivity (Wildman–Crippen MR) is 67.7 cm³/mol. The molecule has 0 radical (unpaired) electrons. The molecule has 0 saturated heterocycles. The highest BCUT2D eigenvalue weighted by atomic mass is 16.5. The minimum absolute atomic E-state index is 0.173. The van der Waals surface area contributed by atoms with Crippen molar-refractivity contribution in [2.24, 2.45) is 7.05 Å². The average molecular weight is 256 g/mol. The maximum Gasteiger partial charge on any atom is 0.212 e. The number of ether oxygens (including phenoxy) is 1. The van der Waals surface area contributed by atoms with Crippen LogP contribution in [0.25, 0.3) is 0 Å². The molecule has 3 rings (SSSR count). The van der Waals surface area contributed by atoms with Crippen LogP contribution in [0.3, 0.4) is 0 Å². The van der Waals surface area contributed by atoms with Gasteiger partial charge in [-0.25, -0.2) is 0 Å². The van der Waals surface area contributed by atoms with Crippen LogP contribution >= 0.6 is 0 Å². The van der Waals surface area contributed by atoms with Crippen molar-refractivity contribution in [2.45, 2.75) is 6.92 Å². The first-order chi connectivity index (χ1) is 9.13. The summed E-state index contributed by atoms with van der Waals surface area (Å²) in [7, 11) is 1.66. The van der Waals surface area contributed by atoms with E-state index in [4.69, 9.17) is 4.74 Å². The lowest BCUT2D eigenvalue weighted by Gasteiger charge is -2.15. The SMILES string of the molecule is CCOc1ccc2c(c1)C(=O)c1cnn(C)c1C2=O. The number of benzene rings is 1. The second-order valence-corrected chi connectivity index (χ2v) is 4.33. The van der Waals surface area contributed by atoms with Gasteiger partial charge in [0.1, 0.15) is 11.4 Å². The zero-order valence-electron chi connectivity index (χ0n) is 10.6. The number of fused-ring (bicyclic) bond motifs is 2. The molecule has 2 aromatic rings. The first kappa shape index (κ1) is 11.6. The van der Waals surface area contributed by atoms with Gasteiger partial charge in [-0.2, -0.15) is 5.10 Å². The third-order valence-corrected chi connectivity index (χ3v) is 3.19. The molecule has 1 aliphatic rings. The van der Waals surface area contributed by atoms with E-state index in [1.165, 1.54) is 10.9 Å². The van der Waals surface area contributed by atoms with Crippen LogP contribution in [-0.2, 0) is 7.05 Å². The number of nitrogens with zero attached hydrogens (tertiary/aromatic N) is 2. The van der Waals surface area contributed by atoms with Gasteiger partial charge in [0, 0.05) is 18.2 Å². The van der Waals surface area contributed by atoms with Crippen molar-refractivity contribution in [2.75, 3.05) is 6.61 Å². The van der Waals surface area contributed by atoms with Crippen LogP contribution in [0.15, 0.2) is 24.4 Å². The van der Waals surface area contributed by atoms with Crippen LogP contribution in [0.5, 0.6) is 5.75 Å². The van der Waals surface area contributed by atoms with Gasteiger partial charge < -0.3 is 4.74 Å². The van der Waals surface area contributed by atoms with Crippen LogP contribution in [0, 0.1) is 0 Å². The fourth-order valence-corrected chi connectivity index (χ4v) is 2.31. The first-order valence-electron chi connectivity index (χ1n) is 6.01. The van der Waals surface area contributed by atoms with E-state index in [0.29, 0.717) is 34.7 Å². The number of rotatable bonds is 2. The molecular formula is C14H12N2O3. The molecule has 19 heavy (non-hydrogen) atoms. The second-order valence-electron chi connectivity index (χ2n) is 4.33. The monoisotopic (exact) mass is 256 g/mol. The molecule has 0 amide bonds. The van der Waals surface area contributed by atoms with E-state index in [-0.39, 0.29) is 11.6 Å². The Hall–Kier alpha value is -2.43. The molecule has 0 spiro atoms. The summed E-state index contributed by atoms with van der Waals surface area (Å²) in [6.07, 6.45) is 1.44. The van der Waals surface area contributed by atoms with Crippen molar-refractivity contribution >= 4 is 11.6 Å². The molecule has 0 saturated carbocycles. The van der Waals surface area contributed by atoms with Crippen molar-refractivity contribution in [1.82, 2.24) is 9.78 Å². The van der Waals surface area contributed by atoms with E-state index in [0.717, 1.165) is 0 Å².